The van der Waals surface area contributed by atoms with E-state index >= 15 is 0 Å². The fourth-order valence-corrected chi connectivity index (χ4v) is 4.10. The first kappa shape index (κ1) is 17.7. The third-order valence-corrected chi connectivity index (χ3v) is 5.58. The van der Waals surface area contributed by atoms with Crippen molar-refractivity contribution >= 4 is 17.5 Å². The highest BCUT2D eigenvalue weighted by Gasteiger charge is 2.43. The Morgan fingerprint density at radius 1 is 1.07 bits per heavy atom. The molecule has 3 heterocycles. The van der Waals surface area contributed by atoms with Crippen molar-refractivity contribution in [2.45, 2.75) is 31.2 Å². The van der Waals surface area contributed by atoms with Crippen LogP contribution < -0.4 is 9.64 Å². The number of carbonyl (C=O) groups is 2. The van der Waals surface area contributed by atoms with E-state index in [2.05, 4.69) is 22.0 Å². The molecule has 1 aromatic heterocycles. The Labute approximate surface area is 158 Å². The van der Waals surface area contributed by atoms with Crippen molar-refractivity contribution in [1.29, 1.82) is 0 Å². The van der Waals surface area contributed by atoms with Gasteiger partial charge in [0.25, 0.3) is 5.91 Å². The molecule has 6 heteroatoms. The van der Waals surface area contributed by atoms with Gasteiger partial charge in [0.15, 0.2) is 0 Å². The van der Waals surface area contributed by atoms with Crippen molar-refractivity contribution in [3.8, 4) is 5.75 Å². The molecule has 2 aliphatic rings. The first-order valence-electron chi connectivity index (χ1n) is 9.32. The van der Waals surface area contributed by atoms with Crippen LogP contribution in [0.3, 0.4) is 0 Å². The van der Waals surface area contributed by atoms with Gasteiger partial charge in [-0.15, -0.1) is 0 Å². The van der Waals surface area contributed by atoms with Gasteiger partial charge in [-0.1, -0.05) is 6.07 Å². The van der Waals surface area contributed by atoms with Gasteiger partial charge >= 0.3 is 0 Å². The molecule has 0 spiro atoms. The van der Waals surface area contributed by atoms with E-state index in [1.807, 2.05) is 12.4 Å². The first-order chi connectivity index (χ1) is 13.2. The summed E-state index contributed by atoms with van der Waals surface area (Å²) in [6.07, 6.45) is 5.87. The van der Waals surface area contributed by atoms with E-state index in [0.29, 0.717) is 17.4 Å². The van der Waals surface area contributed by atoms with Crippen LogP contribution in [0.15, 0.2) is 48.8 Å². The lowest BCUT2D eigenvalue weighted by Gasteiger charge is -2.34. The predicted octanol–water partition coefficient (Wildman–Crippen LogP) is 2.60. The molecule has 0 radical (unpaired) electrons. The molecule has 2 aromatic rings. The summed E-state index contributed by atoms with van der Waals surface area (Å²) >= 11 is 0. The van der Waals surface area contributed by atoms with Gasteiger partial charge in [-0.25, -0.2) is 4.90 Å². The molecule has 27 heavy (non-hydrogen) atoms. The fourth-order valence-electron chi connectivity index (χ4n) is 4.10. The second-order valence-corrected chi connectivity index (χ2v) is 7.08. The summed E-state index contributed by atoms with van der Waals surface area (Å²) < 4.78 is 5.22. The zero-order valence-corrected chi connectivity index (χ0v) is 15.4. The van der Waals surface area contributed by atoms with Crippen LogP contribution in [-0.4, -0.2) is 47.9 Å². The number of piperidine rings is 1. The standard InChI is InChI=1S/C21H23N3O3/c1-27-18-4-2-3-17(13-18)24-20(25)14-19(21(24)26)23-11-7-16(8-12-23)15-5-9-22-10-6-15/h2-6,9-10,13,16,19H,7-8,11-12,14H2,1H3/t19-/m0/s1. The second kappa shape index (κ2) is 7.48. The van der Waals surface area contributed by atoms with Gasteiger partial charge in [0, 0.05) is 18.5 Å². The number of hydrogen-bond acceptors (Lipinski definition) is 5. The molecule has 0 saturated carbocycles. The molecule has 2 aliphatic heterocycles. The zero-order chi connectivity index (χ0) is 18.8. The largest absolute Gasteiger partial charge is 0.497 e. The van der Waals surface area contributed by atoms with E-state index < -0.39 is 0 Å². The van der Waals surface area contributed by atoms with Gasteiger partial charge in [0.05, 0.1) is 25.3 Å². The topological polar surface area (TPSA) is 62.7 Å². The summed E-state index contributed by atoms with van der Waals surface area (Å²) in [5.74, 6) is 0.853. The van der Waals surface area contributed by atoms with Gasteiger partial charge in [-0.3, -0.25) is 19.5 Å². The third-order valence-electron chi connectivity index (χ3n) is 5.58. The third kappa shape index (κ3) is 3.45. The molecular weight excluding hydrogens is 342 g/mol. The first-order valence-corrected chi connectivity index (χ1v) is 9.32. The van der Waals surface area contributed by atoms with Crippen LogP contribution in [-0.2, 0) is 9.59 Å². The van der Waals surface area contributed by atoms with Crippen molar-refractivity contribution in [2.75, 3.05) is 25.1 Å². The number of imide groups is 1. The monoisotopic (exact) mass is 365 g/mol. The van der Waals surface area contributed by atoms with Crippen molar-refractivity contribution in [1.82, 2.24) is 9.88 Å². The summed E-state index contributed by atoms with van der Waals surface area (Å²) in [7, 11) is 1.57. The molecule has 1 atom stereocenters. The van der Waals surface area contributed by atoms with E-state index in [0.717, 1.165) is 25.9 Å². The van der Waals surface area contributed by atoms with Crippen LogP contribution in [0.4, 0.5) is 5.69 Å². The molecule has 2 fully saturated rings. The SMILES string of the molecule is COc1cccc(N2C(=O)C[C@H](N3CCC(c4ccncc4)CC3)C2=O)c1. The number of aromatic nitrogens is 1. The average Bonchev–Trinajstić information content (AvgIpc) is 3.03. The molecule has 0 N–H and O–H groups in total. The van der Waals surface area contributed by atoms with Crippen LogP contribution in [0.25, 0.3) is 0 Å². The van der Waals surface area contributed by atoms with Crippen LogP contribution in [0.5, 0.6) is 5.75 Å². The minimum Gasteiger partial charge on any atom is -0.497 e. The maximum Gasteiger partial charge on any atom is 0.251 e. The normalized spacial score (nSPS) is 21.7. The van der Waals surface area contributed by atoms with Gasteiger partial charge in [0.1, 0.15) is 5.75 Å². The second-order valence-electron chi connectivity index (χ2n) is 7.08. The van der Waals surface area contributed by atoms with E-state index in [-0.39, 0.29) is 24.3 Å². The number of anilines is 1. The smallest absolute Gasteiger partial charge is 0.251 e. The number of carbonyl (C=O) groups excluding carboxylic acids is 2. The van der Waals surface area contributed by atoms with E-state index in [1.54, 1.807) is 31.4 Å². The Balaban J connectivity index is 1.45. The number of rotatable bonds is 4. The average molecular weight is 365 g/mol. The number of hydrogen-bond donors (Lipinski definition) is 0. The van der Waals surface area contributed by atoms with Crippen molar-refractivity contribution in [3.63, 3.8) is 0 Å². The molecule has 0 unspecified atom stereocenters. The Morgan fingerprint density at radius 3 is 2.52 bits per heavy atom. The number of benzene rings is 1. The number of pyridine rings is 1. The molecule has 0 bridgehead atoms. The molecule has 6 nitrogen and oxygen atoms in total. The molecule has 2 saturated heterocycles. The van der Waals surface area contributed by atoms with Gasteiger partial charge < -0.3 is 4.74 Å². The number of likely N-dealkylation sites (tertiary alicyclic amines) is 1. The number of amides is 2. The molecule has 140 valence electrons. The summed E-state index contributed by atoms with van der Waals surface area (Å²) in [6, 6.07) is 10.9. The lowest BCUT2D eigenvalue weighted by Crippen LogP contribution is -2.45. The molecule has 1 aromatic carbocycles. The highest BCUT2D eigenvalue weighted by Crippen LogP contribution is 2.33. The highest BCUT2D eigenvalue weighted by atomic mass is 16.5. The van der Waals surface area contributed by atoms with Crippen molar-refractivity contribution in [2.24, 2.45) is 0 Å². The quantitative estimate of drug-likeness (QED) is 0.780. The summed E-state index contributed by atoms with van der Waals surface area (Å²) in [5.41, 5.74) is 1.88. The molecule has 0 aliphatic carbocycles. The zero-order valence-electron chi connectivity index (χ0n) is 15.4. The predicted molar refractivity (Wildman–Crippen MR) is 102 cm³/mol. The Bertz CT molecular complexity index is 832. The maximum atomic E-state index is 13.0. The van der Waals surface area contributed by atoms with Gasteiger partial charge in [0.2, 0.25) is 5.91 Å². The lowest BCUT2D eigenvalue weighted by molar-refractivity contribution is -0.123. The minimum absolute atomic E-state index is 0.129. The number of nitrogens with zero attached hydrogens (tertiary/aromatic N) is 3. The number of methoxy groups -OCH3 is 1. The van der Waals surface area contributed by atoms with Crippen LogP contribution >= 0.6 is 0 Å². The van der Waals surface area contributed by atoms with Crippen molar-refractivity contribution in [3.05, 3.63) is 54.4 Å². The maximum absolute atomic E-state index is 13.0. The Kier molecular flexibility index (Phi) is 4.90. The summed E-state index contributed by atoms with van der Waals surface area (Å²) in [5, 5.41) is 0. The lowest BCUT2D eigenvalue weighted by atomic mass is 9.89. The van der Waals surface area contributed by atoms with Crippen molar-refractivity contribution < 1.29 is 14.3 Å². The van der Waals surface area contributed by atoms with E-state index in [9.17, 15) is 9.59 Å². The van der Waals surface area contributed by atoms with Crippen LogP contribution in [0, 0.1) is 0 Å². The van der Waals surface area contributed by atoms with E-state index in [1.165, 1.54) is 10.5 Å². The Hall–Kier alpha value is -2.73. The summed E-state index contributed by atoms with van der Waals surface area (Å²) in [4.78, 5) is 33.1. The number of ether oxygens (including phenoxy) is 1. The Morgan fingerprint density at radius 2 is 1.81 bits per heavy atom. The van der Waals surface area contributed by atoms with Gasteiger partial charge in [-0.05, 0) is 61.7 Å². The highest BCUT2D eigenvalue weighted by molar-refractivity contribution is 6.22. The molecular formula is C21H23N3O3. The van der Waals surface area contributed by atoms with Crippen LogP contribution in [0.1, 0.15) is 30.7 Å². The fraction of sp³-hybridized carbons (Fsp3) is 0.381. The summed E-state index contributed by atoms with van der Waals surface area (Å²) in [6.45, 7) is 1.64. The molecule has 2 amide bonds. The van der Waals surface area contributed by atoms with E-state index in [4.69, 9.17) is 4.74 Å². The minimum atomic E-state index is -0.359. The van der Waals surface area contributed by atoms with Gasteiger partial charge in [-0.2, -0.15) is 0 Å². The van der Waals surface area contributed by atoms with Crippen LogP contribution in [0.2, 0.25) is 0 Å². The molecule has 4 rings (SSSR count).